The van der Waals surface area contributed by atoms with Gasteiger partial charge in [0.15, 0.2) is 0 Å². The molecule has 0 saturated heterocycles. The Labute approximate surface area is 97.1 Å². The van der Waals surface area contributed by atoms with Crippen LogP contribution < -0.4 is 0 Å². The van der Waals surface area contributed by atoms with Crippen molar-refractivity contribution in [3.05, 3.63) is 17.6 Å². The maximum Gasteiger partial charge on any atom is 0.311 e. The number of ether oxygens (including phenoxy) is 1. The number of rotatable bonds is 3. The highest BCUT2D eigenvalue weighted by atomic mass is 16.5. The molecule has 90 valence electrons. The van der Waals surface area contributed by atoms with Gasteiger partial charge in [-0.25, -0.2) is 4.98 Å². The second-order valence-electron chi connectivity index (χ2n) is 3.46. The Bertz CT molecular complexity index is 564. The lowest BCUT2D eigenvalue weighted by atomic mass is 10.3. The van der Waals surface area contributed by atoms with Crippen LogP contribution in [0.25, 0.3) is 5.78 Å². The van der Waals surface area contributed by atoms with Crippen LogP contribution in [0.2, 0.25) is 0 Å². The molecule has 0 bridgehead atoms. The number of aromatic nitrogens is 4. The molecule has 0 aliphatic carbocycles. The molecule has 0 saturated carbocycles. The third-order valence-corrected chi connectivity index (χ3v) is 2.08. The van der Waals surface area contributed by atoms with Crippen LogP contribution in [-0.2, 0) is 16.0 Å². The van der Waals surface area contributed by atoms with E-state index in [2.05, 4.69) is 15.1 Å². The Morgan fingerprint density at radius 1 is 1.53 bits per heavy atom. The molecule has 1 N–H and O–H groups in total. The van der Waals surface area contributed by atoms with Gasteiger partial charge >= 0.3 is 5.97 Å². The molecule has 2 aromatic rings. The van der Waals surface area contributed by atoms with Crippen molar-refractivity contribution < 1.29 is 14.6 Å². The van der Waals surface area contributed by atoms with Crippen LogP contribution in [0.5, 0.6) is 5.88 Å². The predicted molar refractivity (Wildman–Crippen MR) is 57.5 cm³/mol. The normalized spacial score (nSPS) is 10.7. The van der Waals surface area contributed by atoms with Crippen LogP contribution in [0.1, 0.15) is 18.4 Å². The van der Waals surface area contributed by atoms with Gasteiger partial charge in [-0.2, -0.15) is 9.50 Å². The third kappa shape index (κ3) is 2.32. The molecule has 0 aromatic carbocycles. The van der Waals surface area contributed by atoms with Gasteiger partial charge in [-0.05, 0) is 13.8 Å². The summed E-state index contributed by atoms with van der Waals surface area (Å²) >= 11 is 0. The summed E-state index contributed by atoms with van der Waals surface area (Å²) in [5.74, 6) is 0.276. The summed E-state index contributed by atoms with van der Waals surface area (Å²) in [6.07, 6.45) is 0.00378. The van der Waals surface area contributed by atoms with Crippen LogP contribution in [0.15, 0.2) is 6.07 Å². The number of esters is 1. The van der Waals surface area contributed by atoms with Crippen molar-refractivity contribution in [2.45, 2.75) is 20.3 Å². The minimum atomic E-state index is -0.389. The standard InChI is InChI=1S/C10H12N4O3/c1-3-17-9(16)5-7-4-8(15)14-10(12-7)11-6(2)13-14/h4,15H,3,5H2,1-2H3. The highest BCUT2D eigenvalue weighted by Gasteiger charge is 2.11. The number of carbonyl (C=O) groups excluding carboxylic acids is 1. The molecule has 0 unspecified atom stereocenters. The monoisotopic (exact) mass is 236 g/mol. The minimum absolute atomic E-state index is 0.00378. The van der Waals surface area contributed by atoms with Gasteiger partial charge in [-0.15, -0.1) is 5.10 Å². The van der Waals surface area contributed by atoms with Gasteiger partial charge < -0.3 is 9.84 Å². The second kappa shape index (κ2) is 4.36. The number of fused-ring (bicyclic) bond motifs is 1. The van der Waals surface area contributed by atoms with Gasteiger partial charge in [-0.3, -0.25) is 4.79 Å². The summed E-state index contributed by atoms with van der Waals surface area (Å²) in [6.45, 7) is 3.74. The van der Waals surface area contributed by atoms with E-state index in [1.807, 2.05) is 0 Å². The third-order valence-electron chi connectivity index (χ3n) is 2.08. The van der Waals surface area contributed by atoms with Crippen molar-refractivity contribution >= 4 is 11.7 Å². The summed E-state index contributed by atoms with van der Waals surface area (Å²) in [5, 5.41) is 13.6. The number of hydrogen-bond donors (Lipinski definition) is 1. The van der Waals surface area contributed by atoms with Gasteiger partial charge in [0, 0.05) is 6.07 Å². The zero-order valence-corrected chi connectivity index (χ0v) is 9.54. The van der Waals surface area contributed by atoms with Crippen LogP contribution >= 0.6 is 0 Å². The largest absolute Gasteiger partial charge is 0.493 e. The topological polar surface area (TPSA) is 89.6 Å². The molecule has 7 heteroatoms. The molecule has 0 radical (unpaired) electrons. The van der Waals surface area contributed by atoms with Crippen molar-refractivity contribution in [2.75, 3.05) is 6.61 Å². The first-order chi connectivity index (χ1) is 8.10. The summed E-state index contributed by atoms with van der Waals surface area (Å²) in [6, 6.07) is 1.37. The molecule has 0 aliphatic rings. The maximum atomic E-state index is 11.3. The number of aryl methyl sites for hydroxylation is 1. The lowest BCUT2D eigenvalue weighted by Gasteiger charge is -2.02. The first kappa shape index (κ1) is 11.3. The zero-order chi connectivity index (χ0) is 12.4. The Balaban J connectivity index is 2.33. The van der Waals surface area contributed by atoms with E-state index < -0.39 is 0 Å². The van der Waals surface area contributed by atoms with Crippen LogP contribution in [0, 0.1) is 6.92 Å². The Kier molecular flexibility index (Phi) is 2.90. The summed E-state index contributed by atoms with van der Waals surface area (Å²) < 4.78 is 6.01. The molecular weight excluding hydrogens is 224 g/mol. The lowest BCUT2D eigenvalue weighted by Crippen LogP contribution is -2.09. The van der Waals surface area contributed by atoms with E-state index in [0.717, 1.165) is 0 Å². The molecule has 0 aliphatic heterocycles. The van der Waals surface area contributed by atoms with E-state index in [1.165, 1.54) is 10.6 Å². The fraction of sp³-hybridized carbons (Fsp3) is 0.400. The van der Waals surface area contributed by atoms with E-state index in [-0.39, 0.29) is 24.0 Å². The molecule has 0 atom stereocenters. The smallest absolute Gasteiger partial charge is 0.311 e. The quantitative estimate of drug-likeness (QED) is 0.768. The number of nitrogens with zero attached hydrogens (tertiary/aromatic N) is 4. The fourth-order valence-corrected chi connectivity index (χ4v) is 1.45. The van der Waals surface area contributed by atoms with Gasteiger partial charge in [0.05, 0.1) is 18.7 Å². The summed E-state index contributed by atoms with van der Waals surface area (Å²) in [4.78, 5) is 19.4. The molecule has 0 fully saturated rings. The molecule has 0 amide bonds. The summed E-state index contributed by atoms with van der Waals surface area (Å²) in [5.41, 5.74) is 0.404. The molecule has 7 nitrogen and oxygen atoms in total. The molecular formula is C10H12N4O3. The van der Waals surface area contributed by atoms with Gasteiger partial charge in [0.2, 0.25) is 5.88 Å². The Morgan fingerprint density at radius 2 is 2.29 bits per heavy atom. The molecule has 2 heterocycles. The molecule has 2 aromatic heterocycles. The van der Waals surface area contributed by atoms with Crippen molar-refractivity contribution in [3.8, 4) is 5.88 Å². The second-order valence-corrected chi connectivity index (χ2v) is 3.46. The van der Waals surface area contributed by atoms with Gasteiger partial charge in [0.25, 0.3) is 5.78 Å². The number of hydrogen-bond acceptors (Lipinski definition) is 6. The van der Waals surface area contributed by atoms with Crippen molar-refractivity contribution in [1.82, 2.24) is 19.6 Å². The number of aromatic hydroxyl groups is 1. The first-order valence-electron chi connectivity index (χ1n) is 5.18. The average molecular weight is 236 g/mol. The SMILES string of the molecule is CCOC(=O)Cc1cc(O)n2nc(C)nc2n1. The fourth-order valence-electron chi connectivity index (χ4n) is 1.45. The zero-order valence-electron chi connectivity index (χ0n) is 9.54. The summed E-state index contributed by atoms with van der Waals surface area (Å²) in [7, 11) is 0. The minimum Gasteiger partial charge on any atom is -0.493 e. The van der Waals surface area contributed by atoms with Crippen LogP contribution in [0.4, 0.5) is 0 Å². The molecule has 2 rings (SSSR count). The van der Waals surface area contributed by atoms with Crippen molar-refractivity contribution in [1.29, 1.82) is 0 Å². The Morgan fingerprint density at radius 3 is 3.00 bits per heavy atom. The van der Waals surface area contributed by atoms with Gasteiger partial charge in [-0.1, -0.05) is 0 Å². The maximum absolute atomic E-state index is 11.3. The Hall–Kier alpha value is -2.18. The van der Waals surface area contributed by atoms with Crippen molar-refractivity contribution in [2.24, 2.45) is 0 Å². The molecule has 17 heavy (non-hydrogen) atoms. The predicted octanol–water partition coefficient (Wildman–Crippen LogP) is 0.244. The first-order valence-corrected chi connectivity index (χ1v) is 5.18. The lowest BCUT2D eigenvalue weighted by molar-refractivity contribution is -0.142. The van der Waals surface area contributed by atoms with E-state index in [1.54, 1.807) is 13.8 Å². The average Bonchev–Trinajstić information content (AvgIpc) is 2.59. The van der Waals surface area contributed by atoms with Crippen LogP contribution in [0.3, 0.4) is 0 Å². The highest BCUT2D eigenvalue weighted by molar-refractivity contribution is 5.72. The van der Waals surface area contributed by atoms with E-state index >= 15 is 0 Å². The van der Waals surface area contributed by atoms with Crippen molar-refractivity contribution in [3.63, 3.8) is 0 Å². The van der Waals surface area contributed by atoms with E-state index in [9.17, 15) is 9.90 Å². The van der Waals surface area contributed by atoms with Crippen LogP contribution in [-0.4, -0.2) is 37.3 Å². The number of carbonyl (C=O) groups is 1. The van der Waals surface area contributed by atoms with E-state index in [4.69, 9.17) is 4.74 Å². The highest BCUT2D eigenvalue weighted by Crippen LogP contribution is 2.12. The van der Waals surface area contributed by atoms with E-state index in [0.29, 0.717) is 18.1 Å². The van der Waals surface area contributed by atoms with Gasteiger partial charge in [0.1, 0.15) is 5.82 Å². The molecule has 0 spiro atoms.